The lowest BCUT2D eigenvalue weighted by atomic mass is 9.79. The molecule has 5 heteroatoms. The van der Waals surface area contributed by atoms with Crippen LogP contribution >= 0.6 is 11.3 Å². The number of aromatic nitrogens is 2. The van der Waals surface area contributed by atoms with Gasteiger partial charge in [-0.15, -0.1) is 11.3 Å². The van der Waals surface area contributed by atoms with E-state index < -0.39 is 0 Å². The first-order valence-corrected chi connectivity index (χ1v) is 44.2. The van der Waals surface area contributed by atoms with Gasteiger partial charge < -0.3 is 18.9 Å². The van der Waals surface area contributed by atoms with Gasteiger partial charge in [0.05, 0.1) is 22.1 Å². The van der Waals surface area contributed by atoms with Crippen molar-refractivity contribution in [3.8, 4) is 44.8 Å². The number of thiophene rings is 1. The Bertz CT molecular complexity index is 6650. The Balaban J connectivity index is 0.000000141. The second-order valence-corrected chi connectivity index (χ2v) is 37.3. The number of rotatable bonds is 11. The molecule has 6 aliphatic rings. The molecule has 0 amide bonds. The van der Waals surface area contributed by atoms with Crippen LogP contribution in [0.2, 0.25) is 0 Å². The van der Waals surface area contributed by atoms with Crippen molar-refractivity contribution < 1.29 is 0 Å². The minimum Gasteiger partial charge on any atom is -0.310 e. The molecule has 0 spiro atoms. The van der Waals surface area contributed by atoms with E-state index in [2.05, 4.69) is 358 Å². The first-order chi connectivity index (χ1) is 56.8. The molecule has 0 saturated heterocycles. The summed E-state index contributed by atoms with van der Waals surface area (Å²) in [4.78, 5) is 5.04. The number of hydrogen-bond donors (Lipinski definition) is 0. The topological polar surface area (TPSA) is 16.3 Å². The van der Waals surface area contributed by atoms with E-state index >= 15 is 0 Å². The van der Waals surface area contributed by atoms with Crippen LogP contribution in [0.5, 0.6) is 0 Å². The molecule has 14 aromatic carbocycles. The van der Waals surface area contributed by atoms with Gasteiger partial charge in [-0.25, -0.2) is 0 Å². The van der Waals surface area contributed by atoms with E-state index in [-0.39, 0.29) is 16.2 Å². The Hall–Kier alpha value is -11.5. The molecule has 0 radical (unpaired) electrons. The van der Waals surface area contributed by atoms with E-state index in [1.807, 2.05) is 11.3 Å². The molecule has 0 N–H and O–H groups in total. The number of fused-ring (bicyclic) bond motifs is 18. The zero-order chi connectivity index (χ0) is 77.7. The molecule has 23 rings (SSSR count). The lowest BCUT2D eigenvalue weighted by Crippen LogP contribution is -2.18. The van der Waals surface area contributed by atoms with E-state index in [1.54, 1.807) is 5.56 Å². The summed E-state index contributed by atoms with van der Waals surface area (Å²) in [5, 5.41) is 7.89. The maximum absolute atomic E-state index is 2.58. The molecule has 116 heavy (non-hydrogen) atoms. The zero-order valence-corrected chi connectivity index (χ0v) is 68.6. The van der Waals surface area contributed by atoms with Crippen molar-refractivity contribution in [2.45, 2.75) is 172 Å². The number of anilines is 6. The molecule has 6 aliphatic carbocycles. The molecule has 0 aliphatic heterocycles. The van der Waals surface area contributed by atoms with Gasteiger partial charge in [0, 0.05) is 103 Å². The van der Waals surface area contributed by atoms with Gasteiger partial charge >= 0.3 is 0 Å². The van der Waals surface area contributed by atoms with Crippen LogP contribution in [0.4, 0.5) is 34.1 Å². The highest BCUT2D eigenvalue weighted by atomic mass is 32.1. The normalized spacial score (nSPS) is 16.6. The predicted molar refractivity (Wildman–Crippen MR) is 494 cm³/mol. The minimum absolute atomic E-state index is 0.102. The number of nitrogens with zero attached hydrogens (tertiary/aromatic N) is 4. The van der Waals surface area contributed by atoms with E-state index in [0.717, 1.165) is 5.69 Å². The van der Waals surface area contributed by atoms with Crippen molar-refractivity contribution in [3.05, 3.63) is 347 Å². The molecular weight excluding hydrogens is 1420 g/mol. The Labute approximate surface area is 687 Å². The fourth-order valence-electron chi connectivity index (χ4n) is 22.4. The van der Waals surface area contributed by atoms with Gasteiger partial charge in [-0.05, 0) is 255 Å². The van der Waals surface area contributed by atoms with Gasteiger partial charge in [0.1, 0.15) is 0 Å². The lowest BCUT2D eigenvalue weighted by molar-refractivity contribution is 0.443. The quantitative estimate of drug-likeness (QED) is 0.128. The predicted octanol–water partition coefficient (Wildman–Crippen LogP) is 31.9. The second-order valence-electron chi connectivity index (χ2n) is 36.2. The summed E-state index contributed by atoms with van der Waals surface area (Å²) in [6, 6.07) is 114. The van der Waals surface area contributed by atoms with Gasteiger partial charge in [-0.2, -0.15) is 0 Å². The van der Waals surface area contributed by atoms with E-state index in [0.29, 0.717) is 17.8 Å². The lowest BCUT2D eigenvalue weighted by Gasteiger charge is -2.30. The van der Waals surface area contributed by atoms with Crippen LogP contribution in [-0.2, 0) is 16.2 Å². The van der Waals surface area contributed by atoms with Crippen molar-refractivity contribution in [1.82, 2.24) is 9.13 Å². The van der Waals surface area contributed by atoms with Crippen LogP contribution < -0.4 is 9.80 Å². The van der Waals surface area contributed by atoms with Crippen molar-refractivity contribution in [2.24, 2.45) is 0 Å². The van der Waals surface area contributed by atoms with Crippen molar-refractivity contribution >= 4 is 109 Å². The van der Waals surface area contributed by atoms with Crippen molar-refractivity contribution in [2.75, 3.05) is 9.80 Å². The molecule has 3 saturated carbocycles. The van der Waals surface area contributed by atoms with Crippen LogP contribution in [0, 0.1) is 0 Å². The summed E-state index contributed by atoms with van der Waals surface area (Å²) in [6.45, 7) is 14.4. The van der Waals surface area contributed by atoms with E-state index in [4.69, 9.17) is 0 Å². The fourth-order valence-corrected chi connectivity index (χ4v) is 23.5. The highest BCUT2D eigenvalue weighted by Gasteiger charge is 2.40. The third-order valence-corrected chi connectivity index (χ3v) is 29.7. The smallest absolute Gasteiger partial charge is 0.0561 e. The van der Waals surface area contributed by atoms with Gasteiger partial charge in [0.15, 0.2) is 0 Å². The van der Waals surface area contributed by atoms with Gasteiger partial charge in [0.2, 0.25) is 0 Å². The SMILES string of the molecule is CC1(C)c2cc(C3CCCCC3)ccc2-c2ccc(N(c3ccc4c(c3)sc3ccccc34)c3ccc4c5ccc(C6CCCCC6)cc5n(-c5ccccc5)c4c3)cc21.CC1(C)c2ccccc2-c2ccc(N(c3ccc4c(c3)C(C)(C)c3ccccc3-4)c3ccc4c5ccc(C6CCCCC6)cc5n(-c5ccccc5)c4c3)cc21. The molecule has 3 fully saturated rings. The first-order valence-electron chi connectivity index (χ1n) is 43.4. The van der Waals surface area contributed by atoms with Gasteiger partial charge in [-0.1, -0.05) is 281 Å². The molecule has 3 aromatic heterocycles. The third-order valence-electron chi connectivity index (χ3n) is 28.5. The van der Waals surface area contributed by atoms with Crippen LogP contribution in [-0.4, -0.2) is 9.13 Å². The maximum Gasteiger partial charge on any atom is 0.0561 e. The standard InChI is InChI=1S/C57H52N2S.C54H48N2/c1-57(2)51-32-39(37-14-6-3-7-15-37)22-27-45(51)46-29-24-42(34-52(46)57)58(44-26-31-50-49-20-12-13-21-55(49)60-56(50)36-44)43-25-30-48-47-28-23-40(38-16-8-4-9-17-38)33-53(47)59(54(48)35-43)41-18-10-5-11-19-41;1-53(2)47-21-13-11-19-41(47)43-28-24-38(32-49(43)53)55(39-25-29-44-42-20-12-14-22-48(42)54(3,4)50(44)33-39)40-26-30-46-45-27-23-36(35-15-7-5-8-16-35)31-51(45)56(52(46)34-40)37-17-9-6-10-18-37/h5,10-13,18-38H,3-4,6-9,14-17H2,1-2H3;6,9-14,17-35H,5,7-8,15-16H2,1-4H3. The first kappa shape index (κ1) is 71.1. The molecule has 3 heterocycles. The Morgan fingerprint density at radius 3 is 0.991 bits per heavy atom. The van der Waals surface area contributed by atoms with Gasteiger partial charge in [-0.3, -0.25) is 0 Å². The van der Waals surface area contributed by atoms with Crippen molar-refractivity contribution in [3.63, 3.8) is 0 Å². The molecule has 0 atom stereocenters. The molecule has 0 unspecified atom stereocenters. The fraction of sp³-hybridized carbons (Fsp3) is 0.243. The third kappa shape index (κ3) is 11.5. The van der Waals surface area contributed by atoms with E-state index in [9.17, 15) is 0 Å². The molecule has 17 aromatic rings. The zero-order valence-electron chi connectivity index (χ0n) is 67.8. The van der Waals surface area contributed by atoms with Crippen LogP contribution in [0.1, 0.15) is 206 Å². The highest BCUT2D eigenvalue weighted by molar-refractivity contribution is 7.25. The summed E-state index contributed by atoms with van der Waals surface area (Å²) in [5.41, 5.74) is 35.4. The van der Waals surface area contributed by atoms with Crippen LogP contribution in [0.25, 0.3) is 109 Å². The van der Waals surface area contributed by atoms with Crippen molar-refractivity contribution in [1.29, 1.82) is 0 Å². The average molecular weight is 1520 g/mol. The van der Waals surface area contributed by atoms with Crippen LogP contribution in [0.15, 0.2) is 297 Å². The van der Waals surface area contributed by atoms with Gasteiger partial charge in [0.25, 0.3) is 0 Å². The summed E-state index contributed by atoms with van der Waals surface area (Å²) in [6.07, 6.45) is 20.0. The summed E-state index contributed by atoms with van der Waals surface area (Å²) < 4.78 is 7.70. The molecule has 570 valence electrons. The summed E-state index contributed by atoms with van der Waals surface area (Å²) in [5.74, 6) is 1.99. The number of hydrogen-bond acceptors (Lipinski definition) is 3. The molecular formula is C111H100N4S. The minimum atomic E-state index is -0.105. The maximum atomic E-state index is 2.58. The Morgan fingerprint density at radius 1 is 0.241 bits per heavy atom. The number of para-hydroxylation sites is 2. The monoisotopic (exact) mass is 1520 g/mol. The number of benzene rings is 14. The Kier molecular flexibility index (Phi) is 17.1. The molecule has 0 bridgehead atoms. The summed E-state index contributed by atoms with van der Waals surface area (Å²) in [7, 11) is 0. The van der Waals surface area contributed by atoms with Crippen LogP contribution in [0.3, 0.4) is 0 Å². The second kappa shape index (κ2) is 27.9. The average Bonchev–Trinajstić information content (AvgIpc) is 1.57. The molecule has 4 nitrogen and oxygen atoms in total. The largest absolute Gasteiger partial charge is 0.310 e. The van der Waals surface area contributed by atoms with E-state index in [1.165, 1.54) is 278 Å². The Morgan fingerprint density at radius 2 is 0.543 bits per heavy atom. The summed E-state index contributed by atoms with van der Waals surface area (Å²) >= 11 is 1.90. The highest BCUT2D eigenvalue weighted by Crippen LogP contribution is 2.57.